The fourth-order valence-electron chi connectivity index (χ4n) is 1.70. The zero-order valence-corrected chi connectivity index (χ0v) is 11.4. The van der Waals surface area contributed by atoms with Crippen LogP contribution in [0.3, 0.4) is 0 Å². The summed E-state index contributed by atoms with van der Waals surface area (Å²) in [5.74, 6) is -1.93. The Bertz CT molecular complexity index is 729. The summed E-state index contributed by atoms with van der Waals surface area (Å²) in [6.45, 7) is 0. The van der Waals surface area contributed by atoms with Gasteiger partial charge in [-0.3, -0.25) is 0 Å². The Morgan fingerprint density at radius 1 is 0.952 bits per heavy atom. The van der Waals surface area contributed by atoms with Crippen molar-refractivity contribution in [3.63, 3.8) is 0 Å². The number of hydrogen-bond acceptors (Lipinski definition) is 5. The Hall–Kier alpha value is -2.80. The maximum Gasteiger partial charge on any atom is 0.339 e. The molecule has 0 aromatic heterocycles. The smallest absolute Gasteiger partial charge is 0.339 e. The normalized spacial score (nSPS) is 10.1. The molecule has 0 saturated carbocycles. The second kappa shape index (κ2) is 5.68. The maximum absolute atomic E-state index is 10.8. The van der Waals surface area contributed by atoms with Gasteiger partial charge in [0.1, 0.15) is 27.8 Å². The first-order valence-electron chi connectivity index (χ1n) is 5.78. The molecule has 0 bridgehead atoms. The monoisotopic (exact) mass is 305 g/mol. The van der Waals surface area contributed by atoms with Crippen LogP contribution in [-0.2, 0) is 0 Å². The maximum atomic E-state index is 10.8. The van der Waals surface area contributed by atoms with E-state index in [1.165, 1.54) is 30.3 Å². The number of anilines is 1. The number of nitrogens with one attached hydrogen (secondary N) is 1. The second-order valence-electron chi connectivity index (χ2n) is 4.19. The van der Waals surface area contributed by atoms with Crippen molar-refractivity contribution in [2.24, 2.45) is 0 Å². The molecule has 7 heteroatoms. The lowest BCUT2D eigenvalue weighted by molar-refractivity contribution is 0.0694. The number of thiocarbonyl (C=S) groups is 1. The van der Waals surface area contributed by atoms with E-state index < -0.39 is 11.7 Å². The zero-order chi connectivity index (χ0) is 15.6. The first-order chi connectivity index (χ1) is 9.88. The zero-order valence-electron chi connectivity index (χ0n) is 10.6. The van der Waals surface area contributed by atoms with E-state index in [9.17, 15) is 20.1 Å². The third-order valence-corrected chi connectivity index (χ3v) is 3.03. The highest BCUT2D eigenvalue weighted by Gasteiger charge is 2.12. The fraction of sp³-hybridized carbons (Fsp3) is 0. The molecular formula is C14H11NO5S. The predicted molar refractivity (Wildman–Crippen MR) is 80.2 cm³/mol. The topological polar surface area (TPSA) is 110 Å². The van der Waals surface area contributed by atoms with Crippen LogP contribution in [0.25, 0.3) is 0 Å². The van der Waals surface area contributed by atoms with Crippen molar-refractivity contribution in [2.45, 2.75) is 0 Å². The molecule has 0 amide bonds. The second-order valence-corrected chi connectivity index (χ2v) is 4.60. The molecular weight excluding hydrogens is 294 g/mol. The van der Waals surface area contributed by atoms with Gasteiger partial charge in [-0.05, 0) is 24.3 Å². The van der Waals surface area contributed by atoms with Gasteiger partial charge in [-0.15, -0.1) is 0 Å². The summed E-state index contributed by atoms with van der Waals surface area (Å²) in [5, 5.41) is 40.1. The van der Waals surface area contributed by atoms with E-state index in [1.54, 1.807) is 0 Å². The van der Waals surface area contributed by atoms with Gasteiger partial charge in [0.05, 0.1) is 5.56 Å². The van der Waals surface area contributed by atoms with E-state index in [1.807, 2.05) is 0 Å². The Morgan fingerprint density at radius 3 is 2.14 bits per heavy atom. The van der Waals surface area contributed by atoms with E-state index in [4.69, 9.17) is 17.3 Å². The summed E-state index contributed by atoms with van der Waals surface area (Å²) < 4.78 is 0. The van der Waals surface area contributed by atoms with E-state index in [0.29, 0.717) is 11.3 Å². The van der Waals surface area contributed by atoms with Crippen molar-refractivity contribution in [3.8, 4) is 17.2 Å². The predicted octanol–water partition coefficient (Wildman–Crippen LogP) is 2.29. The lowest BCUT2D eigenvalue weighted by Crippen LogP contribution is -2.11. The molecule has 5 N–H and O–H groups in total. The molecule has 0 aliphatic carbocycles. The summed E-state index contributed by atoms with van der Waals surface area (Å²) in [6.07, 6.45) is 0. The van der Waals surface area contributed by atoms with Gasteiger partial charge < -0.3 is 25.7 Å². The van der Waals surface area contributed by atoms with Crippen LogP contribution in [0.1, 0.15) is 15.9 Å². The third kappa shape index (κ3) is 3.21. The molecule has 0 fully saturated rings. The van der Waals surface area contributed by atoms with E-state index >= 15 is 0 Å². The lowest BCUT2D eigenvalue weighted by atomic mass is 10.1. The van der Waals surface area contributed by atoms with Crippen LogP contribution in [0.2, 0.25) is 0 Å². The van der Waals surface area contributed by atoms with Gasteiger partial charge in [0.15, 0.2) is 0 Å². The Balaban J connectivity index is 2.23. The van der Waals surface area contributed by atoms with E-state index in [-0.39, 0.29) is 22.1 Å². The molecule has 0 saturated heterocycles. The molecule has 2 aromatic rings. The molecule has 108 valence electrons. The number of benzene rings is 2. The van der Waals surface area contributed by atoms with Crippen molar-refractivity contribution >= 4 is 28.9 Å². The van der Waals surface area contributed by atoms with Crippen molar-refractivity contribution in [1.29, 1.82) is 0 Å². The van der Waals surface area contributed by atoms with Gasteiger partial charge in [0, 0.05) is 17.8 Å². The number of phenols is 3. The standard InChI is InChI=1S/C14H11NO5S/c16-8-2-4-9(12(18)6-8)13(21)15-7-1-3-10(14(19)20)11(17)5-7/h1-6,16-18H,(H,15,21)(H,19,20). The van der Waals surface area contributed by atoms with Crippen LogP contribution in [0, 0.1) is 0 Å². The van der Waals surface area contributed by atoms with Gasteiger partial charge in [-0.25, -0.2) is 4.79 Å². The number of phenolic OH excluding ortho intramolecular Hbond substituents is 2. The van der Waals surface area contributed by atoms with E-state index in [2.05, 4.69) is 5.32 Å². The number of carboxylic acid groups (broad SMARTS) is 1. The third-order valence-electron chi connectivity index (χ3n) is 2.71. The highest BCUT2D eigenvalue weighted by atomic mass is 32.1. The average molecular weight is 305 g/mol. The van der Waals surface area contributed by atoms with Gasteiger partial charge in [0.25, 0.3) is 0 Å². The molecule has 0 spiro atoms. The molecule has 0 unspecified atom stereocenters. The van der Waals surface area contributed by atoms with Crippen LogP contribution in [0.5, 0.6) is 17.2 Å². The quantitative estimate of drug-likeness (QED) is 0.553. The molecule has 21 heavy (non-hydrogen) atoms. The summed E-state index contributed by atoms with van der Waals surface area (Å²) in [4.78, 5) is 11.0. The minimum atomic E-state index is -1.24. The molecule has 0 aliphatic rings. The number of carboxylic acids is 1. The van der Waals surface area contributed by atoms with Gasteiger partial charge in [0.2, 0.25) is 0 Å². The molecule has 0 radical (unpaired) electrons. The first kappa shape index (κ1) is 14.6. The van der Waals surface area contributed by atoms with Crippen molar-refractivity contribution in [2.75, 3.05) is 5.32 Å². The minimum Gasteiger partial charge on any atom is -0.508 e. The average Bonchev–Trinajstić information content (AvgIpc) is 2.37. The molecule has 0 heterocycles. The van der Waals surface area contributed by atoms with Crippen LogP contribution in [-0.4, -0.2) is 31.4 Å². The molecule has 2 rings (SSSR count). The largest absolute Gasteiger partial charge is 0.508 e. The summed E-state index contributed by atoms with van der Waals surface area (Å²) in [7, 11) is 0. The van der Waals surface area contributed by atoms with Gasteiger partial charge in [-0.1, -0.05) is 12.2 Å². The van der Waals surface area contributed by atoms with Gasteiger partial charge >= 0.3 is 5.97 Å². The SMILES string of the molecule is O=C(O)c1ccc(NC(=S)c2ccc(O)cc2O)cc1O. The Labute approximate surface area is 124 Å². The summed E-state index contributed by atoms with van der Waals surface area (Å²) in [5.41, 5.74) is 0.443. The number of aromatic carboxylic acids is 1. The van der Waals surface area contributed by atoms with Crippen LogP contribution < -0.4 is 5.32 Å². The number of carbonyl (C=O) groups is 1. The van der Waals surface area contributed by atoms with Crippen molar-refractivity contribution in [3.05, 3.63) is 47.5 Å². The van der Waals surface area contributed by atoms with Crippen LogP contribution in [0.15, 0.2) is 36.4 Å². The van der Waals surface area contributed by atoms with Gasteiger partial charge in [-0.2, -0.15) is 0 Å². The fourth-order valence-corrected chi connectivity index (χ4v) is 1.99. The Morgan fingerprint density at radius 2 is 1.57 bits per heavy atom. The molecule has 6 nitrogen and oxygen atoms in total. The van der Waals surface area contributed by atoms with Crippen molar-refractivity contribution < 1.29 is 25.2 Å². The Kier molecular flexibility index (Phi) is 3.95. The first-order valence-corrected chi connectivity index (χ1v) is 6.19. The highest BCUT2D eigenvalue weighted by molar-refractivity contribution is 7.81. The van der Waals surface area contributed by atoms with Crippen LogP contribution >= 0.6 is 12.2 Å². The molecule has 0 aliphatic heterocycles. The number of hydrogen-bond donors (Lipinski definition) is 5. The molecule has 2 aromatic carbocycles. The highest BCUT2D eigenvalue weighted by Crippen LogP contribution is 2.26. The lowest BCUT2D eigenvalue weighted by Gasteiger charge is -2.11. The number of aromatic hydroxyl groups is 3. The van der Waals surface area contributed by atoms with Crippen molar-refractivity contribution in [1.82, 2.24) is 0 Å². The van der Waals surface area contributed by atoms with Crippen LogP contribution in [0.4, 0.5) is 5.69 Å². The minimum absolute atomic E-state index is 0.0949. The number of rotatable bonds is 3. The summed E-state index contributed by atoms with van der Waals surface area (Å²) in [6, 6.07) is 7.84. The summed E-state index contributed by atoms with van der Waals surface area (Å²) >= 11 is 5.11. The van der Waals surface area contributed by atoms with E-state index in [0.717, 1.165) is 6.07 Å². The molecule has 0 atom stereocenters.